The molecule has 1 N–H and O–H groups in total. The molecule has 4 aromatic rings. The molecule has 1 amide bonds. The molecule has 0 aliphatic carbocycles. The molecule has 8 nitrogen and oxygen atoms in total. The van der Waals surface area contributed by atoms with E-state index in [4.69, 9.17) is 23.2 Å². The number of carbonyl (C=O) groups excluding carboxylic acids is 1. The zero-order valence-corrected chi connectivity index (χ0v) is 18.1. The number of hydrogen-bond acceptors (Lipinski definition) is 4. The third-order valence-electron chi connectivity index (χ3n) is 4.95. The Bertz CT molecular complexity index is 1400. The number of fused-ring (bicyclic) bond motifs is 1. The number of aromatic nitrogens is 4. The van der Waals surface area contributed by atoms with Gasteiger partial charge in [-0.1, -0.05) is 53.5 Å². The van der Waals surface area contributed by atoms with Crippen LogP contribution in [0.25, 0.3) is 11.2 Å². The van der Waals surface area contributed by atoms with Gasteiger partial charge in [-0.25, -0.2) is 9.78 Å². The van der Waals surface area contributed by atoms with Crippen LogP contribution in [0, 0.1) is 0 Å². The Hall–Kier alpha value is -3.36. The minimum absolute atomic E-state index is 0.137. The predicted molar refractivity (Wildman–Crippen MR) is 120 cm³/mol. The maximum atomic E-state index is 13.4. The van der Waals surface area contributed by atoms with Gasteiger partial charge in [0.15, 0.2) is 11.2 Å². The van der Waals surface area contributed by atoms with Gasteiger partial charge in [0.05, 0.1) is 6.33 Å². The molecule has 0 spiro atoms. The summed E-state index contributed by atoms with van der Waals surface area (Å²) in [6.45, 7) is 0. The van der Waals surface area contributed by atoms with Gasteiger partial charge in [0.2, 0.25) is 0 Å². The Labute approximate surface area is 186 Å². The van der Waals surface area contributed by atoms with E-state index < -0.39 is 23.2 Å². The molecule has 2 aromatic carbocycles. The van der Waals surface area contributed by atoms with Crippen molar-refractivity contribution in [2.45, 2.75) is 6.04 Å². The van der Waals surface area contributed by atoms with Crippen LogP contribution in [0.3, 0.4) is 0 Å². The molecule has 0 saturated heterocycles. The van der Waals surface area contributed by atoms with Crippen LogP contribution in [0.15, 0.2) is 64.4 Å². The standard InChI is InChI=1S/C21H17Cl2N5O3/c1-26-18-17(20(30)27(2)21(26)31)28(11-24-18)16(12-6-4-3-5-7-12)19(29)25-15-9-13(22)8-14(23)10-15/h3-11,16H,1-2H3,(H,25,29). The number of nitrogens with one attached hydrogen (secondary N) is 1. The lowest BCUT2D eigenvalue weighted by atomic mass is 10.1. The zero-order chi connectivity index (χ0) is 22.3. The van der Waals surface area contributed by atoms with E-state index in [0.717, 1.165) is 4.57 Å². The van der Waals surface area contributed by atoms with Gasteiger partial charge >= 0.3 is 5.69 Å². The van der Waals surface area contributed by atoms with Crippen molar-refractivity contribution in [1.82, 2.24) is 18.7 Å². The molecule has 0 radical (unpaired) electrons. The summed E-state index contributed by atoms with van der Waals surface area (Å²) in [7, 11) is 2.90. The number of anilines is 1. The van der Waals surface area contributed by atoms with Crippen LogP contribution in [0.5, 0.6) is 0 Å². The quantitative estimate of drug-likeness (QED) is 0.509. The summed E-state index contributed by atoms with van der Waals surface area (Å²) in [6.07, 6.45) is 1.38. The van der Waals surface area contributed by atoms with Gasteiger partial charge in [0.1, 0.15) is 6.04 Å². The van der Waals surface area contributed by atoms with Crippen molar-refractivity contribution in [3.8, 4) is 0 Å². The second kappa shape index (κ2) is 8.05. The van der Waals surface area contributed by atoms with E-state index in [0.29, 0.717) is 21.3 Å². The molecular formula is C21H17Cl2N5O3. The van der Waals surface area contributed by atoms with Crippen molar-refractivity contribution in [3.05, 3.63) is 91.3 Å². The van der Waals surface area contributed by atoms with E-state index in [-0.39, 0.29) is 11.2 Å². The number of halogens is 2. The second-order valence-electron chi connectivity index (χ2n) is 6.99. The molecular weight excluding hydrogens is 441 g/mol. The maximum Gasteiger partial charge on any atom is 0.332 e. The first-order chi connectivity index (χ1) is 14.8. The van der Waals surface area contributed by atoms with Crippen molar-refractivity contribution in [2.75, 3.05) is 5.32 Å². The molecule has 0 fully saturated rings. The van der Waals surface area contributed by atoms with E-state index in [1.54, 1.807) is 42.5 Å². The Morgan fingerprint density at radius 3 is 2.29 bits per heavy atom. The first-order valence-corrected chi connectivity index (χ1v) is 9.98. The topological polar surface area (TPSA) is 90.9 Å². The SMILES string of the molecule is Cn1c(=O)c2c(ncn2C(C(=O)Nc2cc(Cl)cc(Cl)c2)c2ccccc2)n(C)c1=O. The molecule has 2 aromatic heterocycles. The van der Waals surface area contributed by atoms with Gasteiger partial charge in [-0.15, -0.1) is 0 Å². The van der Waals surface area contributed by atoms with E-state index in [1.165, 1.54) is 29.6 Å². The molecule has 1 atom stereocenters. The number of aryl methyl sites for hydroxylation is 1. The summed E-state index contributed by atoms with van der Waals surface area (Å²) >= 11 is 12.1. The number of amides is 1. The van der Waals surface area contributed by atoms with Crippen LogP contribution in [0.1, 0.15) is 11.6 Å². The Balaban J connectivity index is 1.90. The maximum absolute atomic E-state index is 13.4. The summed E-state index contributed by atoms with van der Waals surface area (Å²) in [6, 6.07) is 12.7. The summed E-state index contributed by atoms with van der Waals surface area (Å²) < 4.78 is 3.72. The van der Waals surface area contributed by atoms with Crippen molar-refractivity contribution >= 4 is 46.0 Å². The van der Waals surface area contributed by atoms with E-state index in [1.807, 2.05) is 6.07 Å². The zero-order valence-electron chi connectivity index (χ0n) is 16.5. The Morgan fingerprint density at radius 2 is 1.65 bits per heavy atom. The minimum Gasteiger partial charge on any atom is -0.324 e. The fraction of sp³-hybridized carbons (Fsp3) is 0.143. The molecule has 0 bridgehead atoms. The van der Waals surface area contributed by atoms with Crippen LogP contribution in [0.2, 0.25) is 10.0 Å². The van der Waals surface area contributed by atoms with Crippen LogP contribution in [0.4, 0.5) is 5.69 Å². The van der Waals surface area contributed by atoms with Gasteiger partial charge in [-0.2, -0.15) is 0 Å². The third-order valence-corrected chi connectivity index (χ3v) is 5.38. The van der Waals surface area contributed by atoms with Gasteiger partial charge in [0, 0.05) is 29.8 Å². The van der Waals surface area contributed by atoms with Gasteiger partial charge in [-0.3, -0.25) is 18.7 Å². The van der Waals surface area contributed by atoms with E-state index in [2.05, 4.69) is 10.3 Å². The predicted octanol–water partition coefficient (Wildman–Crippen LogP) is 2.97. The first-order valence-electron chi connectivity index (χ1n) is 9.22. The summed E-state index contributed by atoms with van der Waals surface area (Å²) in [4.78, 5) is 42.8. The minimum atomic E-state index is -0.936. The molecule has 0 aliphatic heterocycles. The Morgan fingerprint density at radius 1 is 1.00 bits per heavy atom. The lowest BCUT2D eigenvalue weighted by Crippen LogP contribution is -2.38. The second-order valence-corrected chi connectivity index (χ2v) is 7.86. The van der Waals surface area contributed by atoms with Crippen LogP contribution in [-0.4, -0.2) is 24.6 Å². The van der Waals surface area contributed by atoms with Crippen molar-refractivity contribution in [3.63, 3.8) is 0 Å². The molecule has 10 heteroatoms. The van der Waals surface area contributed by atoms with Gasteiger partial charge < -0.3 is 9.88 Å². The normalized spacial score (nSPS) is 12.1. The average molecular weight is 458 g/mol. The number of hydrogen-bond donors (Lipinski definition) is 1. The van der Waals surface area contributed by atoms with Crippen molar-refractivity contribution < 1.29 is 4.79 Å². The average Bonchev–Trinajstić information content (AvgIpc) is 3.15. The van der Waals surface area contributed by atoms with Gasteiger partial charge in [0.25, 0.3) is 11.5 Å². The molecule has 0 saturated carbocycles. The fourth-order valence-corrected chi connectivity index (χ4v) is 4.00. The molecule has 31 heavy (non-hydrogen) atoms. The van der Waals surface area contributed by atoms with Gasteiger partial charge in [-0.05, 0) is 23.8 Å². The van der Waals surface area contributed by atoms with Crippen molar-refractivity contribution in [1.29, 1.82) is 0 Å². The molecule has 2 heterocycles. The summed E-state index contributed by atoms with van der Waals surface area (Å²) in [5.41, 5.74) is 0.314. The number of imidazole rings is 1. The van der Waals surface area contributed by atoms with Crippen LogP contribution < -0.4 is 16.6 Å². The van der Waals surface area contributed by atoms with E-state index >= 15 is 0 Å². The fourth-order valence-electron chi connectivity index (χ4n) is 3.47. The highest BCUT2D eigenvalue weighted by molar-refractivity contribution is 6.35. The molecule has 0 aliphatic rings. The largest absolute Gasteiger partial charge is 0.332 e. The number of benzene rings is 2. The number of rotatable bonds is 4. The van der Waals surface area contributed by atoms with Crippen LogP contribution >= 0.6 is 23.2 Å². The first kappa shape index (κ1) is 20.9. The molecule has 158 valence electrons. The summed E-state index contributed by atoms with van der Waals surface area (Å²) in [5, 5.41) is 3.54. The smallest absolute Gasteiger partial charge is 0.324 e. The highest BCUT2D eigenvalue weighted by Gasteiger charge is 2.27. The monoisotopic (exact) mass is 457 g/mol. The lowest BCUT2D eigenvalue weighted by Gasteiger charge is -2.20. The number of nitrogens with zero attached hydrogens (tertiary/aromatic N) is 4. The highest BCUT2D eigenvalue weighted by Crippen LogP contribution is 2.26. The molecule has 1 unspecified atom stereocenters. The lowest BCUT2D eigenvalue weighted by molar-refractivity contribution is -0.118. The molecule has 4 rings (SSSR count). The van der Waals surface area contributed by atoms with Crippen molar-refractivity contribution in [2.24, 2.45) is 14.1 Å². The third kappa shape index (κ3) is 3.75. The Kier molecular flexibility index (Phi) is 5.43. The summed E-state index contributed by atoms with van der Waals surface area (Å²) in [5.74, 6) is -0.431. The number of carbonyl (C=O) groups is 1. The van der Waals surface area contributed by atoms with Crippen LogP contribution in [-0.2, 0) is 18.9 Å². The van der Waals surface area contributed by atoms with E-state index in [9.17, 15) is 14.4 Å². The highest BCUT2D eigenvalue weighted by atomic mass is 35.5.